The molecule has 0 spiro atoms. The fraction of sp³-hybridized carbons (Fsp3) is 0.0625. The van der Waals surface area contributed by atoms with Crippen molar-refractivity contribution < 1.29 is 0 Å². The molecule has 18 heavy (non-hydrogen) atoms. The van der Waals surface area contributed by atoms with Gasteiger partial charge in [0, 0.05) is 6.21 Å². The van der Waals surface area contributed by atoms with Gasteiger partial charge in [0.15, 0.2) is 0 Å². The standard InChI is InChI=1S/C16H16N2/c1-3-8-15(9-4-1)12-7-13-17-18-14-16-10-5-2-6-11-16/h1-13,18H,14H2/b12-7+,17-13?. The van der Waals surface area contributed by atoms with Crippen molar-refractivity contribution in [1.29, 1.82) is 0 Å². The predicted molar refractivity (Wildman–Crippen MR) is 77.2 cm³/mol. The number of nitrogens with zero attached hydrogens (tertiary/aromatic N) is 1. The zero-order valence-corrected chi connectivity index (χ0v) is 10.2. The van der Waals surface area contributed by atoms with Crippen LogP contribution in [0.2, 0.25) is 0 Å². The van der Waals surface area contributed by atoms with Crippen molar-refractivity contribution in [2.75, 3.05) is 0 Å². The summed E-state index contributed by atoms with van der Waals surface area (Å²) in [6, 6.07) is 20.4. The van der Waals surface area contributed by atoms with Crippen molar-refractivity contribution in [3.05, 3.63) is 77.9 Å². The lowest BCUT2D eigenvalue weighted by Gasteiger charge is -1.98. The van der Waals surface area contributed by atoms with Gasteiger partial charge in [-0.3, -0.25) is 0 Å². The first-order valence-corrected chi connectivity index (χ1v) is 5.97. The van der Waals surface area contributed by atoms with E-state index in [0.717, 1.165) is 6.54 Å². The van der Waals surface area contributed by atoms with Gasteiger partial charge in [-0.05, 0) is 17.2 Å². The van der Waals surface area contributed by atoms with Crippen LogP contribution in [0.3, 0.4) is 0 Å². The second kappa shape index (κ2) is 7.07. The van der Waals surface area contributed by atoms with Crippen LogP contribution in [0.25, 0.3) is 6.08 Å². The molecule has 0 saturated heterocycles. The molecular weight excluding hydrogens is 220 g/mol. The summed E-state index contributed by atoms with van der Waals surface area (Å²) in [5, 5.41) is 4.12. The maximum atomic E-state index is 4.12. The van der Waals surface area contributed by atoms with E-state index in [2.05, 4.69) is 34.8 Å². The third-order valence-electron chi connectivity index (χ3n) is 2.47. The minimum atomic E-state index is 0.747. The Morgan fingerprint density at radius 3 is 2.28 bits per heavy atom. The topological polar surface area (TPSA) is 24.4 Å². The Labute approximate surface area is 108 Å². The number of allylic oxidation sites excluding steroid dienone is 1. The first-order chi connectivity index (χ1) is 8.95. The maximum absolute atomic E-state index is 4.12. The summed E-state index contributed by atoms with van der Waals surface area (Å²) in [7, 11) is 0. The second-order valence-corrected chi connectivity index (χ2v) is 3.87. The van der Waals surface area contributed by atoms with Gasteiger partial charge < -0.3 is 5.43 Å². The van der Waals surface area contributed by atoms with Gasteiger partial charge in [0.25, 0.3) is 0 Å². The van der Waals surface area contributed by atoms with Crippen LogP contribution in [0, 0.1) is 0 Å². The van der Waals surface area contributed by atoms with E-state index < -0.39 is 0 Å². The number of hydrogen-bond acceptors (Lipinski definition) is 2. The van der Waals surface area contributed by atoms with Gasteiger partial charge in [-0.25, -0.2) is 0 Å². The van der Waals surface area contributed by atoms with Crippen molar-refractivity contribution >= 4 is 12.3 Å². The van der Waals surface area contributed by atoms with Crippen molar-refractivity contribution in [3.63, 3.8) is 0 Å². The van der Waals surface area contributed by atoms with Gasteiger partial charge in [-0.1, -0.05) is 66.7 Å². The molecule has 90 valence electrons. The third-order valence-corrected chi connectivity index (χ3v) is 2.47. The molecular formula is C16H16N2. The Hall–Kier alpha value is -2.35. The zero-order chi connectivity index (χ0) is 12.5. The molecule has 0 fully saturated rings. The highest BCUT2D eigenvalue weighted by Gasteiger charge is 1.86. The minimum Gasteiger partial charge on any atom is -0.306 e. The molecule has 2 nitrogen and oxygen atoms in total. The number of benzene rings is 2. The van der Waals surface area contributed by atoms with Gasteiger partial charge in [0.1, 0.15) is 0 Å². The number of nitrogens with one attached hydrogen (secondary N) is 1. The van der Waals surface area contributed by atoms with E-state index in [1.165, 1.54) is 11.1 Å². The Bertz CT molecular complexity index is 501. The van der Waals surface area contributed by atoms with Crippen LogP contribution < -0.4 is 5.43 Å². The molecule has 0 saturated carbocycles. The molecule has 0 aliphatic heterocycles. The largest absolute Gasteiger partial charge is 0.306 e. The lowest BCUT2D eigenvalue weighted by molar-refractivity contribution is 0.748. The first-order valence-electron chi connectivity index (χ1n) is 5.97. The Morgan fingerprint density at radius 2 is 1.56 bits per heavy atom. The van der Waals surface area contributed by atoms with E-state index >= 15 is 0 Å². The van der Waals surface area contributed by atoms with Gasteiger partial charge in [-0.15, -0.1) is 0 Å². The summed E-state index contributed by atoms with van der Waals surface area (Å²) in [4.78, 5) is 0. The molecule has 2 heteroatoms. The van der Waals surface area contributed by atoms with Crippen molar-refractivity contribution in [2.24, 2.45) is 5.10 Å². The lowest BCUT2D eigenvalue weighted by Crippen LogP contribution is -2.04. The van der Waals surface area contributed by atoms with Crippen molar-refractivity contribution in [1.82, 2.24) is 5.43 Å². The molecule has 2 rings (SSSR count). The van der Waals surface area contributed by atoms with E-state index in [1.54, 1.807) is 6.21 Å². The number of hydrogen-bond donors (Lipinski definition) is 1. The van der Waals surface area contributed by atoms with Gasteiger partial charge in [-0.2, -0.15) is 5.10 Å². The maximum Gasteiger partial charge on any atom is 0.0580 e. The normalized spacial score (nSPS) is 11.1. The van der Waals surface area contributed by atoms with Crippen LogP contribution in [-0.2, 0) is 6.54 Å². The van der Waals surface area contributed by atoms with E-state index in [-0.39, 0.29) is 0 Å². The number of rotatable bonds is 5. The highest BCUT2D eigenvalue weighted by Crippen LogP contribution is 1.99. The quantitative estimate of drug-likeness (QED) is 0.624. The van der Waals surface area contributed by atoms with Crippen LogP contribution in [0.4, 0.5) is 0 Å². The van der Waals surface area contributed by atoms with Crippen LogP contribution in [-0.4, -0.2) is 6.21 Å². The SMILES string of the molecule is C(/C=C/c1ccccc1)=NNCc1ccccc1. The Morgan fingerprint density at radius 1 is 0.889 bits per heavy atom. The highest BCUT2D eigenvalue weighted by molar-refractivity contribution is 5.77. The average Bonchev–Trinajstić information content (AvgIpc) is 2.45. The fourth-order valence-corrected chi connectivity index (χ4v) is 1.55. The highest BCUT2D eigenvalue weighted by atomic mass is 15.3. The zero-order valence-electron chi connectivity index (χ0n) is 10.2. The van der Waals surface area contributed by atoms with Gasteiger partial charge >= 0.3 is 0 Å². The second-order valence-electron chi connectivity index (χ2n) is 3.87. The molecule has 2 aromatic carbocycles. The molecule has 0 amide bonds. The molecule has 0 heterocycles. The van der Waals surface area contributed by atoms with E-state index in [9.17, 15) is 0 Å². The summed E-state index contributed by atoms with van der Waals surface area (Å²) in [5.74, 6) is 0. The summed E-state index contributed by atoms with van der Waals surface area (Å²) in [6.45, 7) is 0.747. The molecule has 0 bridgehead atoms. The average molecular weight is 236 g/mol. The van der Waals surface area contributed by atoms with Crippen LogP contribution in [0.5, 0.6) is 0 Å². The van der Waals surface area contributed by atoms with E-state index in [0.29, 0.717) is 0 Å². The third kappa shape index (κ3) is 4.26. The monoisotopic (exact) mass is 236 g/mol. The van der Waals surface area contributed by atoms with Crippen LogP contribution in [0.15, 0.2) is 71.8 Å². The summed E-state index contributed by atoms with van der Waals surface area (Å²) < 4.78 is 0. The molecule has 0 aromatic heterocycles. The smallest absolute Gasteiger partial charge is 0.0580 e. The summed E-state index contributed by atoms with van der Waals surface area (Å²) >= 11 is 0. The Balaban J connectivity index is 1.74. The molecule has 0 unspecified atom stereocenters. The van der Waals surface area contributed by atoms with Crippen molar-refractivity contribution in [3.8, 4) is 0 Å². The molecule has 0 radical (unpaired) electrons. The summed E-state index contributed by atoms with van der Waals surface area (Å²) in [5.41, 5.74) is 5.40. The predicted octanol–water partition coefficient (Wildman–Crippen LogP) is 3.48. The van der Waals surface area contributed by atoms with E-state index in [1.807, 2.05) is 48.6 Å². The minimum absolute atomic E-state index is 0.747. The summed E-state index contributed by atoms with van der Waals surface area (Å²) in [6.07, 6.45) is 5.71. The molecule has 2 aromatic rings. The lowest BCUT2D eigenvalue weighted by atomic mass is 10.2. The van der Waals surface area contributed by atoms with Crippen LogP contribution >= 0.6 is 0 Å². The van der Waals surface area contributed by atoms with Gasteiger partial charge in [0.05, 0.1) is 6.54 Å². The molecule has 1 N–H and O–H groups in total. The van der Waals surface area contributed by atoms with Crippen molar-refractivity contribution in [2.45, 2.75) is 6.54 Å². The molecule has 0 atom stereocenters. The van der Waals surface area contributed by atoms with Gasteiger partial charge in [0.2, 0.25) is 0 Å². The molecule has 0 aliphatic carbocycles. The molecule has 0 aliphatic rings. The van der Waals surface area contributed by atoms with Crippen LogP contribution in [0.1, 0.15) is 11.1 Å². The van der Waals surface area contributed by atoms with E-state index in [4.69, 9.17) is 0 Å². The first kappa shape index (κ1) is 12.1. The Kier molecular flexibility index (Phi) is 4.76. The number of hydrazone groups is 1. The fourth-order valence-electron chi connectivity index (χ4n) is 1.55.